The molecule has 0 bridgehead atoms. The predicted octanol–water partition coefficient (Wildman–Crippen LogP) is 2.28. The third-order valence-electron chi connectivity index (χ3n) is 1.21. The van der Waals surface area contributed by atoms with E-state index in [1.165, 1.54) is 0 Å². The Morgan fingerprint density at radius 1 is 1.54 bits per heavy atom. The summed E-state index contributed by atoms with van der Waals surface area (Å²) in [5.41, 5.74) is 0. The van der Waals surface area contributed by atoms with Crippen molar-refractivity contribution in [1.82, 2.24) is 0 Å². The van der Waals surface area contributed by atoms with Gasteiger partial charge in [-0.15, -0.1) is 0 Å². The van der Waals surface area contributed by atoms with Crippen molar-refractivity contribution in [2.75, 3.05) is 6.61 Å². The zero-order chi connectivity index (χ0) is 10.5. The molecule has 0 aromatic heterocycles. The number of nitriles is 1. The van der Waals surface area contributed by atoms with Crippen LogP contribution in [0.5, 0.6) is 0 Å². The molecule has 0 aromatic rings. The van der Waals surface area contributed by atoms with Crippen LogP contribution in [0.15, 0.2) is 12.3 Å². The molecule has 3 nitrogen and oxygen atoms in total. The molecule has 0 rings (SSSR count). The lowest BCUT2D eigenvalue weighted by Crippen LogP contribution is -2.32. The van der Waals surface area contributed by atoms with Gasteiger partial charge in [0.15, 0.2) is 14.4 Å². The van der Waals surface area contributed by atoms with Crippen molar-refractivity contribution in [2.45, 2.75) is 32.7 Å². The molecule has 0 saturated heterocycles. The highest BCUT2D eigenvalue weighted by Gasteiger charge is 2.23. The molecule has 1 unspecified atom stereocenters. The summed E-state index contributed by atoms with van der Waals surface area (Å²) in [5.74, 6) is 0.410. The zero-order valence-electron chi connectivity index (χ0n) is 8.76. The summed E-state index contributed by atoms with van der Waals surface area (Å²) in [7, 11) is -1.70. The number of ether oxygens (including phenoxy) is 1. The van der Waals surface area contributed by atoms with Crippen LogP contribution in [0.4, 0.5) is 0 Å². The van der Waals surface area contributed by atoms with Crippen molar-refractivity contribution in [3.63, 3.8) is 0 Å². The molecule has 0 spiro atoms. The average Bonchev–Trinajstić information content (AvgIpc) is 1.99. The van der Waals surface area contributed by atoms with Crippen LogP contribution in [-0.2, 0) is 9.16 Å². The molecule has 0 saturated carbocycles. The van der Waals surface area contributed by atoms with Gasteiger partial charge in [-0.05, 0) is 26.6 Å². The van der Waals surface area contributed by atoms with Crippen LogP contribution >= 0.6 is 0 Å². The lowest BCUT2D eigenvalue weighted by atomic mass is 10.3. The van der Waals surface area contributed by atoms with Crippen LogP contribution in [0.1, 0.15) is 6.92 Å². The van der Waals surface area contributed by atoms with Crippen molar-refractivity contribution in [3.8, 4) is 6.07 Å². The highest BCUT2D eigenvalue weighted by Crippen LogP contribution is 2.13. The number of hydrogen-bond acceptors (Lipinski definition) is 3. The van der Waals surface area contributed by atoms with Crippen molar-refractivity contribution < 1.29 is 9.16 Å². The number of nitrogens with zero attached hydrogens (tertiary/aromatic N) is 1. The van der Waals surface area contributed by atoms with Gasteiger partial charge in [0.1, 0.15) is 11.8 Å². The lowest BCUT2D eigenvalue weighted by Gasteiger charge is -2.22. The fourth-order valence-corrected chi connectivity index (χ4v) is 1.67. The van der Waals surface area contributed by atoms with Crippen LogP contribution in [0.3, 0.4) is 0 Å². The van der Waals surface area contributed by atoms with Crippen LogP contribution in [0.2, 0.25) is 19.6 Å². The molecule has 13 heavy (non-hydrogen) atoms. The van der Waals surface area contributed by atoms with Crippen LogP contribution < -0.4 is 0 Å². The molecule has 0 amide bonds. The minimum atomic E-state index is -1.70. The monoisotopic (exact) mass is 199 g/mol. The van der Waals surface area contributed by atoms with Gasteiger partial charge in [0.25, 0.3) is 0 Å². The summed E-state index contributed by atoms with van der Waals surface area (Å²) in [6.07, 6.45) is -0.619. The second kappa shape index (κ2) is 5.05. The standard InChI is InChI=1S/C9H17NO2Si/c1-6-11-8(2)9(7-10)12-13(3,4)5/h9H,2,6H2,1,3-5H3. The van der Waals surface area contributed by atoms with Gasteiger partial charge in [-0.2, -0.15) is 5.26 Å². The van der Waals surface area contributed by atoms with Crippen LogP contribution in [0.25, 0.3) is 0 Å². The molecule has 0 aliphatic rings. The van der Waals surface area contributed by atoms with Crippen molar-refractivity contribution >= 4 is 8.32 Å². The molecule has 0 heterocycles. The van der Waals surface area contributed by atoms with E-state index in [4.69, 9.17) is 14.4 Å². The minimum absolute atomic E-state index is 0.410. The third-order valence-corrected chi connectivity index (χ3v) is 2.15. The molecule has 0 N–H and O–H groups in total. The van der Waals surface area contributed by atoms with E-state index in [0.29, 0.717) is 12.4 Å². The Labute approximate surface area is 81.1 Å². The first-order chi connectivity index (χ1) is 5.90. The highest BCUT2D eigenvalue weighted by molar-refractivity contribution is 6.69. The van der Waals surface area contributed by atoms with E-state index in [9.17, 15) is 0 Å². The Morgan fingerprint density at radius 2 is 2.08 bits per heavy atom. The SMILES string of the molecule is C=C(OCC)C(C#N)O[Si](C)(C)C. The van der Waals surface area contributed by atoms with Crippen molar-refractivity contribution in [2.24, 2.45) is 0 Å². The molecule has 4 heteroatoms. The maximum absolute atomic E-state index is 8.79. The Kier molecular flexibility index (Phi) is 4.74. The first kappa shape index (κ1) is 12.2. The molecule has 0 aliphatic carbocycles. The van der Waals surface area contributed by atoms with Crippen molar-refractivity contribution in [3.05, 3.63) is 12.3 Å². The fraction of sp³-hybridized carbons (Fsp3) is 0.667. The lowest BCUT2D eigenvalue weighted by molar-refractivity contribution is 0.149. The highest BCUT2D eigenvalue weighted by atomic mass is 28.4. The molecular formula is C9H17NO2Si. The molecule has 0 aromatic carbocycles. The van der Waals surface area contributed by atoms with Gasteiger partial charge in [0, 0.05) is 0 Å². The molecule has 0 fully saturated rings. The van der Waals surface area contributed by atoms with E-state index in [-0.39, 0.29) is 0 Å². The first-order valence-corrected chi connectivity index (χ1v) is 7.70. The first-order valence-electron chi connectivity index (χ1n) is 4.29. The Morgan fingerprint density at radius 3 is 2.38 bits per heavy atom. The summed E-state index contributed by atoms with van der Waals surface area (Å²) >= 11 is 0. The van der Waals surface area contributed by atoms with E-state index in [1.54, 1.807) is 0 Å². The fourth-order valence-electron chi connectivity index (χ4n) is 0.779. The van der Waals surface area contributed by atoms with E-state index >= 15 is 0 Å². The zero-order valence-corrected chi connectivity index (χ0v) is 9.76. The quantitative estimate of drug-likeness (QED) is 0.504. The smallest absolute Gasteiger partial charge is 0.191 e. The van der Waals surface area contributed by atoms with Gasteiger partial charge in [0.05, 0.1) is 6.61 Å². The number of hydrogen-bond donors (Lipinski definition) is 0. The molecular weight excluding hydrogens is 182 g/mol. The Bertz CT molecular complexity index is 215. The average molecular weight is 199 g/mol. The van der Waals surface area contributed by atoms with Gasteiger partial charge in [-0.3, -0.25) is 0 Å². The van der Waals surface area contributed by atoms with Gasteiger partial charge >= 0.3 is 0 Å². The van der Waals surface area contributed by atoms with Crippen molar-refractivity contribution in [1.29, 1.82) is 5.26 Å². The summed E-state index contributed by atoms with van der Waals surface area (Å²) in [5, 5.41) is 8.79. The van der Waals surface area contributed by atoms with Gasteiger partial charge in [-0.25, -0.2) is 0 Å². The topological polar surface area (TPSA) is 42.2 Å². The second-order valence-corrected chi connectivity index (χ2v) is 8.10. The summed E-state index contributed by atoms with van der Waals surface area (Å²) in [6.45, 7) is 12.1. The Balaban J connectivity index is 4.21. The molecule has 0 radical (unpaired) electrons. The van der Waals surface area contributed by atoms with E-state index < -0.39 is 14.4 Å². The van der Waals surface area contributed by atoms with Gasteiger partial charge in [-0.1, -0.05) is 6.58 Å². The Hall–Kier alpha value is -0.793. The second-order valence-electron chi connectivity index (χ2n) is 3.64. The summed E-state index contributed by atoms with van der Waals surface area (Å²) < 4.78 is 10.7. The number of rotatable bonds is 5. The third kappa shape index (κ3) is 5.45. The van der Waals surface area contributed by atoms with Crippen LogP contribution in [0, 0.1) is 11.3 Å². The van der Waals surface area contributed by atoms with E-state index in [0.717, 1.165) is 0 Å². The van der Waals surface area contributed by atoms with E-state index in [1.807, 2.05) is 32.6 Å². The normalized spacial score (nSPS) is 13.2. The van der Waals surface area contributed by atoms with Gasteiger partial charge < -0.3 is 9.16 Å². The maximum atomic E-state index is 8.79. The largest absolute Gasteiger partial charge is 0.495 e. The van der Waals surface area contributed by atoms with Gasteiger partial charge in [0.2, 0.25) is 0 Å². The predicted molar refractivity (Wildman–Crippen MR) is 54.6 cm³/mol. The van der Waals surface area contributed by atoms with E-state index in [2.05, 4.69) is 6.58 Å². The summed E-state index contributed by atoms with van der Waals surface area (Å²) in [6, 6.07) is 2.03. The summed E-state index contributed by atoms with van der Waals surface area (Å²) in [4.78, 5) is 0. The minimum Gasteiger partial charge on any atom is -0.495 e. The molecule has 1 atom stereocenters. The molecule has 74 valence electrons. The molecule has 0 aliphatic heterocycles. The maximum Gasteiger partial charge on any atom is 0.191 e. The van der Waals surface area contributed by atoms with Crippen LogP contribution in [-0.4, -0.2) is 21.0 Å².